The average Bonchev–Trinajstić information content (AvgIpc) is 2.77. The van der Waals surface area contributed by atoms with Crippen molar-refractivity contribution in [2.75, 3.05) is 18.4 Å². The zero-order valence-electron chi connectivity index (χ0n) is 11.0. The predicted octanol–water partition coefficient (Wildman–Crippen LogP) is 1.70. The van der Waals surface area contributed by atoms with E-state index >= 15 is 0 Å². The highest BCUT2D eigenvalue weighted by molar-refractivity contribution is 5.93. The summed E-state index contributed by atoms with van der Waals surface area (Å²) in [6.45, 7) is 5.17. The molecule has 1 fully saturated rings. The summed E-state index contributed by atoms with van der Waals surface area (Å²) in [6, 6.07) is 4.73. The molecule has 1 saturated heterocycles. The van der Waals surface area contributed by atoms with Crippen LogP contribution in [0.2, 0.25) is 0 Å². The third-order valence-corrected chi connectivity index (χ3v) is 3.53. The highest BCUT2D eigenvalue weighted by atomic mass is 16.6. The molecule has 102 valence electrons. The minimum absolute atomic E-state index is 0.0235. The molecule has 1 amide bonds. The minimum atomic E-state index is -0.440. The lowest BCUT2D eigenvalue weighted by Gasteiger charge is -2.14. The van der Waals surface area contributed by atoms with E-state index in [1.165, 1.54) is 6.07 Å². The molecule has 6 nitrogen and oxygen atoms in total. The van der Waals surface area contributed by atoms with Gasteiger partial charge in [0.1, 0.15) is 0 Å². The molecule has 6 heteroatoms. The Morgan fingerprint density at radius 3 is 2.79 bits per heavy atom. The monoisotopic (exact) mass is 263 g/mol. The largest absolute Gasteiger partial charge is 0.326 e. The fourth-order valence-electron chi connectivity index (χ4n) is 2.28. The molecular weight excluding hydrogens is 246 g/mol. The lowest BCUT2D eigenvalue weighted by atomic mass is 9.97. The number of carbonyl (C=O) groups is 1. The minimum Gasteiger partial charge on any atom is -0.326 e. The van der Waals surface area contributed by atoms with E-state index in [2.05, 4.69) is 10.6 Å². The van der Waals surface area contributed by atoms with Crippen LogP contribution in [-0.2, 0) is 4.79 Å². The van der Waals surface area contributed by atoms with Gasteiger partial charge >= 0.3 is 0 Å². The molecule has 1 aromatic rings. The van der Waals surface area contributed by atoms with Crippen LogP contribution in [0, 0.1) is 28.9 Å². The number of benzene rings is 1. The fraction of sp³-hybridized carbons (Fsp3) is 0.462. The summed E-state index contributed by atoms with van der Waals surface area (Å²) in [6.07, 6.45) is 0. The Labute approximate surface area is 111 Å². The van der Waals surface area contributed by atoms with Crippen molar-refractivity contribution in [3.63, 3.8) is 0 Å². The highest BCUT2D eigenvalue weighted by Gasteiger charge is 2.29. The number of nitro benzene ring substituents is 1. The van der Waals surface area contributed by atoms with Crippen molar-refractivity contribution in [1.29, 1.82) is 0 Å². The van der Waals surface area contributed by atoms with E-state index < -0.39 is 4.92 Å². The van der Waals surface area contributed by atoms with Gasteiger partial charge in [-0.15, -0.1) is 0 Å². The van der Waals surface area contributed by atoms with E-state index in [0.717, 1.165) is 6.54 Å². The lowest BCUT2D eigenvalue weighted by molar-refractivity contribution is -0.385. The SMILES string of the molecule is Cc1ccc(NC(=O)[C@@H]2CNC[C@H]2C)cc1[N+](=O)[O-]. The van der Waals surface area contributed by atoms with Crippen molar-refractivity contribution in [2.24, 2.45) is 11.8 Å². The summed E-state index contributed by atoms with van der Waals surface area (Å²) < 4.78 is 0. The number of hydrogen-bond donors (Lipinski definition) is 2. The number of amides is 1. The van der Waals surface area contributed by atoms with Crippen LogP contribution in [0.4, 0.5) is 11.4 Å². The Balaban J connectivity index is 2.13. The van der Waals surface area contributed by atoms with Crippen LogP contribution in [-0.4, -0.2) is 23.9 Å². The predicted molar refractivity (Wildman–Crippen MR) is 72.0 cm³/mol. The molecule has 0 saturated carbocycles. The maximum atomic E-state index is 12.1. The molecule has 0 spiro atoms. The maximum Gasteiger partial charge on any atom is 0.274 e. The van der Waals surface area contributed by atoms with Gasteiger partial charge in [0.25, 0.3) is 5.69 Å². The summed E-state index contributed by atoms with van der Waals surface area (Å²) in [5, 5.41) is 16.8. The van der Waals surface area contributed by atoms with Gasteiger partial charge in [0.15, 0.2) is 0 Å². The smallest absolute Gasteiger partial charge is 0.274 e. The van der Waals surface area contributed by atoms with Crippen molar-refractivity contribution in [3.8, 4) is 0 Å². The molecule has 0 radical (unpaired) electrons. The summed E-state index contributed by atoms with van der Waals surface area (Å²) in [4.78, 5) is 22.5. The Morgan fingerprint density at radius 2 is 2.21 bits per heavy atom. The van der Waals surface area contributed by atoms with E-state index in [0.29, 0.717) is 17.8 Å². The summed E-state index contributed by atoms with van der Waals surface area (Å²) >= 11 is 0. The number of hydrogen-bond acceptors (Lipinski definition) is 4. The summed E-state index contributed by atoms with van der Waals surface area (Å²) in [5.41, 5.74) is 1.08. The molecule has 0 aromatic heterocycles. The van der Waals surface area contributed by atoms with Gasteiger partial charge in [-0.2, -0.15) is 0 Å². The van der Waals surface area contributed by atoms with Gasteiger partial charge < -0.3 is 10.6 Å². The molecule has 1 aromatic carbocycles. The third kappa shape index (κ3) is 2.90. The second-order valence-corrected chi connectivity index (χ2v) is 4.99. The van der Waals surface area contributed by atoms with Crippen LogP contribution in [0.25, 0.3) is 0 Å². The third-order valence-electron chi connectivity index (χ3n) is 3.53. The maximum absolute atomic E-state index is 12.1. The Morgan fingerprint density at radius 1 is 1.47 bits per heavy atom. The van der Waals surface area contributed by atoms with Crippen molar-refractivity contribution in [1.82, 2.24) is 5.32 Å². The Kier molecular flexibility index (Phi) is 3.80. The Bertz CT molecular complexity index is 516. The fourth-order valence-corrected chi connectivity index (χ4v) is 2.28. The van der Waals surface area contributed by atoms with Crippen LogP contribution in [0.5, 0.6) is 0 Å². The van der Waals surface area contributed by atoms with Crippen LogP contribution in [0.1, 0.15) is 12.5 Å². The first-order valence-electron chi connectivity index (χ1n) is 6.25. The number of anilines is 1. The van der Waals surface area contributed by atoms with Gasteiger partial charge in [0, 0.05) is 23.9 Å². The zero-order chi connectivity index (χ0) is 14.0. The molecule has 0 unspecified atom stereocenters. The standard InChI is InChI=1S/C13H17N3O3/c1-8-3-4-10(5-12(8)16(18)19)15-13(17)11-7-14-6-9(11)2/h3-5,9,11,14H,6-7H2,1-2H3,(H,15,17)/t9-,11-/m1/s1. The zero-order valence-corrected chi connectivity index (χ0v) is 11.0. The van der Waals surface area contributed by atoms with E-state index in [9.17, 15) is 14.9 Å². The molecule has 2 N–H and O–H groups in total. The molecule has 0 aliphatic carbocycles. The molecule has 2 rings (SSSR count). The lowest BCUT2D eigenvalue weighted by Crippen LogP contribution is -2.27. The topological polar surface area (TPSA) is 84.3 Å². The summed E-state index contributed by atoms with van der Waals surface area (Å²) in [5.74, 6) is 0.108. The summed E-state index contributed by atoms with van der Waals surface area (Å²) in [7, 11) is 0. The van der Waals surface area contributed by atoms with Crippen molar-refractivity contribution in [3.05, 3.63) is 33.9 Å². The number of rotatable bonds is 3. The second-order valence-electron chi connectivity index (χ2n) is 4.99. The van der Waals surface area contributed by atoms with Crippen molar-refractivity contribution >= 4 is 17.3 Å². The van der Waals surface area contributed by atoms with Gasteiger partial charge in [-0.1, -0.05) is 13.0 Å². The van der Waals surface area contributed by atoms with E-state index in [-0.39, 0.29) is 23.4 Å². The van der Waals surface area contributed by atoms with E-state index in [1.54, 1.807) is 19.1 Å². The normalized spacial score (nSPS) is 22.2. The molecule has 0 bridgehead atoms. The van der Waals surface area contributed by atoms with Gasteiger partial charge in [-0.3, -0.25) is 14.9 Å². The first-order valence-corrected chi connectivity index (χ1v) is 6.25. The highest BCUT2D eigenvalue weighted by Crippen LogP contribution is 2.24. The number of carbonyl (C=O) groups excluding carboxylic acids is 1. The molecule has 1 heterocycles. The first-order chi connectivity index (χ1) is 8.99. The number of nitrogens with one attached hydrogen (secondary N) is 2. The van der Waals surface area contributed by atoms with Crippen LogP contribution in [0.3, 0.4) is 0 Å². The number of aryl methyl sites for hydroxylation is 1. The number of nitro groups is 1. The van der Waals surface area contributed by atoms with Crippen molar-refractivity contribution < 1.29 is 9.72 Å². The van der Waals surface area contributed by atoms with Gasteiger partial charge in [0.2, 0.25) is 5.91 Å². The van der Waals surface area contributed by atoms with E-state index in [4.69, 9.17) is 0 Å². The van der Waals surface area contributed by atoms with Crippen LogP contribution < -0.4 is 10.6 Å². The Hall–Kier alpha value is -1.95. The first kappa shape index (κ1) is 13.5. The number of nitrogens with zero attached hydrogens (tertiary/aromatic N) is 1. The quantitative estimate of drug-likeness (QED) is 0.642. The molecule has 2 atom stereocenters. The average molecular weight is 263 g/mol. The molecular formula is C13H17N3O3. The molecule has 1 aliphatic heterocycles. The molecule has 1 aliphatic rings. The van der Waals surface area contributed by atoms with Crippen molar-refractivity contribution in [2.45, 2.75) is 13.8 Å². The van der Waals surface area contributed by atoms with Crippen LogP contribution >= 0.6 is 0 Å². The van der Waals surface area contributed by atoms with Gasteiger partial charge in [-0.05, 0) is 25.5 Å². The molecule has 19 heavy (non-hydrogen) atoms. The van der Waals surface area contributed by atoms with Crippen LogP contribution in [0.15, 0.2) is 18.2 Å². The van der Waals surface area contributed by atoms with Gasteiger partial charge in [-0.25, -0.2) is 0 Å². The second kappa shape index (κ2) is 5.36. The van der Waals surface area contributed by atoms with Gasteiger partial charge in [0.05, 0.1) is 10.8 Å². The van der Waals surface area contributed by atoms with E-state index in [1.807, 2.05) is 6.92 Å².